The van der Waals surface area contributed by atoms with Crippen LogP contribution in [-0.4, -0.2) is 54.4 Å². The molecule has 18 heavy (non-hydrogen) atoms. The maximum absolute atomic E-state index is 13.2. The number of aliphatic hydroxyl groups is 1. The number of amides is 1. The van der Waals surface area contributed by atoms with Crippen molar-refractivity contribution < 1.29 is 23.1 Å². The average molecular weight is 266 g/mol. The Labute approximate surface area is 103 Å². The summed E-state index contributed by atoms with van der Waals surface area (Å²) >= 11 is 0. The van der Waals surface area contributed by atoms with Crippen LogP contribution < -0.4 is 5.32 Å². The van der Waals surface area contributed by atoms with E-state index >= 15 is 0 Å². The highest BCUT2D eigenvalue weighted by molar-refractivity contribution is 5.84. The van der Waals surface area contributed by atoms with E-state index in [-0.39, 0.29) is 26.1 Å². The number of carbonyl (C=O) groups is 1. The number of halogens is 3. The van der Waals surface area contributed by atoms with Crippen molar-refractivity contribution in [3.8, 4) is 0 Å². The largest absolute Gasteiger partial charge is 0.404 e. The molecule has 2 rings (SSSR count). The summed E-state index contributed by atoms with van der Waals surface area (Å²) in [6.07, 6.45) is -4.38. The third kappa shape index (κ3) is 2.21. The normalized spacial score (nSPS) is 33.8. The number of aliphatic hydroxyl groups excluding tert-OH is 1. The number of carbonyl (C=O) groups excluding carboxylic acids is 1. The lowest BCUT2D eigenvalue weighted by atomic mass is 9.84. The fraction of sp³-hybridized carbons (Fsp3) is 0.909. The summed E-state index contributed by atoms with van der Waals surface area (Å²) in [7, 11) is 0. The molecule has 2 saturated heterocycles. The van der Waals surface area contributed by atoms with Crippen LogP contribution in [-0.2, 0) is 4.79 Å². The summed E-state index contributed by atoms with van der Waals surface area (Å²) in [5.41, 5.74) is -2.30. The van der Waals surface area contributed by atoms with E-state index in [1.165, 1.54) is 0 Å². The number of hydrogen-bond acceptors (Lipinski definition) is 3. The smallest absolute Gasteiger partial charge is 0.391 e. The molecule has 2 aliphatic rings. The van der Waals surface area contributed by atoms with Gasteiger partial charge in [-0.25, -0.2) is 0 Å². The molecule has 0 saturated carbocycles. The molecule has 4 nitrogen and oxygen atoms in total. The predicted molar refractivity (Wildman–Crippen MR) is 57.8 cm³/mol. The Kier molecular flexibility index (Phi) is 3.55. The van der Waals surface area contributed by atoms with Gasteiger partial charge in [0.2, 0.25) is 5.91 Å². The van der Waals surface area contributed by atoms with Gasteiger partial charge in [-0.05, 0) is 25.8 Å². The van der Waals surface area contributed by atoms with Gasteiger partial charge in [0.1, 0.15) is 0 Å². The first-order chi connectivity index (χ1) is 8.37. The van der Waals surface area contributed by atoms with E-state index < -0.39 is 23.6 Å². The maximum Gasteiger partial charge on any atom is 0.404 e. The number of rotatable bonds is 1. The molecule has 0 bridgehead atoms. The molecule has 0 spiro atoms. The molecule has 0 aliphatic carbocycles. The van der Waals surface area contributed by atoms with Crippen LogP contribution in [0.1, 0.15) is 19.3 Å². The quantitative estimate of drug-likeness (QED) is 0.727. The molecule has 2 N–H and O–H groups in total. The lowest BCUT2D eigenvalue weighted by Gasteiger charge is -2.38. The standard InChI is InChI=1S/C11H17F3N2O2/c12-11(13,14)10(3-4-15-7-10)9(18)16-5-1-2-8(17)6-16/h8,15,17H,1-7H2/t8-,10?/m0/s1. The highest BCUT2D eigenvalue weighted by Crippen LogP contribution is 2.44. The summed E-state index contributed by atoms with van der Waals surface area (Å²) in [4.78, 5) is 13.3. The number of nitrogens with zero attached hydrogens (tertiary/aromatic N) is 1. The highest BCUT2D eigenvalue weighted by atomic mass is 19.4. The van der Waals surface area contributed by atoms with Crippen molar-refractivity contribution in [2.45, 2.75) is 31.5 Å². The van der Waals surface area contributed by atoms with Crippen molar-refractivity contribution >= 4 is 5.91 Å². The van der Waals surface area contributed by atoms with Crippen LogP contribution in [0.4, 0.5) is 13.2 Å². The van der Waals surface area contributed by atoms with Crippen molar-refractivity contribution in [1.29, 1.82) is 0 Å². The van der Waals surface area contributed by atoms with Crippen molar-refractivity contribution in [3.63, 3.8) is 0 Å². The molecule has 0 aromatic rings. The van der Waals surface area contributed by atoms with Crippen LogP contribution in [0.3, 0.4) is 0 Å². The van der Waals surface area contributed by atoms with Gasteiger partial charge in [-0.15, -0.1) is 0 Å². The number of alkyl halides is 3. The van der Waals surface area contributed by atoms with E-state index in [0.717, 1.165) is 4.90 Å². The van der Waals surface area contributed by atoms with Gasteiger partial charge in [0, 0.05) is 19.6 Å². The van der Waals surface area contributed by atoms with Crippen LogP contribution in [0.5, 0.6) is 0 Å². The van der Waals surface area contributed by atoms with Gasteiger partial charge in [0.05, 0.1) is 6.10 Å². The molecule has 0 radical (unpaired) electrons. The topological polar surface area (TPSA) is 52.6 Å². The van der Waals surface area contributed by atoms with E-state index in [1.54, 1.807) is 0 Å². The predicted octanol–water partition coefficient (Wildman–Crippen LogP) is 0.512. The van der Waals surface area contributed by atoms with Gasteiger partial charge in [0.15, 0.2) is 5.41 Å². The minimum atomic E-state index is -4.55. The fourth-order valence-corrected chi connectivity index (χ4v) is 2.68. The number of β-amino-alcohol motifs (C(OH)–C–C–N with tert-alkyl or cyclic N) is 1. The Morgan fingerprint density at radius 1 is 1.44 bits per heavy atom. The molecule has 2 fully saturated rings. The molecule has 0 aromatic carbocycles. The minimum absolute atomic E-state index is 0.0106. The monoisotopic (exact) mass is 266 g/mol. The van der Waals surface area contributed by atoms with Gasteiger partial charge < -0.3 is 15.3 Å². The Morgan fingerprint density at radius 3 is 2.67 bits per heavy atom. The second-order valence-corrected chi connectivity index (χ2v) is 5.05. The van der Waals surface area contributed by atoms with E-state index in [9.17, 15) is 23.1 Å². The second-order valence-electron chi connectivity index (χ2n) is 5.05. The van der Waals surface area contributed by atoms with Crippen LogP contribution >= 0.6 is 0 Å². The van der Waals surface area contributed by atoms with Gasteiger partial charge in [-0.3, -0.25) is 4.79 Å². The van der Waals surface area contributed by atoms with Crippen LogP contribution in [0.2, 0.25) is 0 Å². The zero-order valence-corrected chi connectivity index (χ0v) is 9.96. The molecule has 1 amide bonds. The zero-order chi connectivity index (χ0) is 13.4. The first-order valence-electron chi connectivity index (χ1n) is 6.12. The fourth-order valence-electron chi connectivity index (χ4n) is 2.68. The average Bonchev–Trinajstić information content (AvgIpc) is 2.77. The molecule has 0 aromatic heterocycles. The summed E-state index contributed by atoms with van der Waals surface area (Å²) < 4.78 is 39.5. The van der Waals surface area contributed by atoms with Gasteiger partial charge in [-0.1, -0.05) is 0 Å². The summed E-state index contributed by atoms with van der Waals surface area (Å²) in [5, 5.41) is 12.1. The SMILES string of the molecule is O=C(N1CCC[C@H](O)C1)C1(C(F)(F)F)CCNC1. The molecule has 1 unspecified atom stereocenters. The summed E-state index contributed by atoms with van der Waals surface area (Å²) in [6.45, 7) is 0.147. The molecule has 2 heterocycles. The van der Waals surface area contributed by atoms with E-state index in [4.69, 9.17) is 0 Å². The van der Waals surface area contributed by atoms with Crippen molar-refractivity contribution in [3.05, 3.63) is 0 Å². The van der Waals surface area contributed by atoms with Crippen molar-refractivity contribution in [1.82, 2.24) is 10.2 Å². The molecule has 104 valence electrons. The van der Waals surface area contributed by atoms with E-state index in [1.807, 2.05) is 0 Å². The van der Waals surface area contributed by atoms with Crippen LogP contribution in [0, 0.1) is 5.41 Å². The molecule has 2 aliphatic heterocycles. The lowest BCUT2D eigenvalue weighted by Crippen LogP contribution is -2.56. The van der Waals surface area contributed by atoms with E-state index in [0.29, 0.717) is 19.4 Å². The number of nitrogens with one attached hydrogen (secondary N) is 1. The third-order valence-corrected chi connectivity index (χ3v) is 3.79. The Balaban J connectivity index is 2.19. The Morgan fingerprint density at radius 2 is 2.17 bits per heavy atom. The first-order valence-corrected chi connectivity index (χ1v) is 6.12. The van der Waals surface area contributed by atoms with Crippen molar-refractivity contribution in [2.75, 3.05) is 26.2 Å². The summed E-state index contributed by atoms with van der Waals surface area (Å²) in [5.74, 6) is -0.890. The number of hydrogen-bond donors (Lipinski definition) is 2. The van der Waals surface area contributed by atoms with Crippen LogP contribution in [0.15, 0.2) is 0 Å². The Bertz CT molecular complexity index is 327. The van der Waals surface area contributed by atoms with Crippen LogP contribution in [0.25, 0.3) is 0 Å². The minimum Gasteiger partial charge on any atom is -0.391 e. The maximum atomic E-state index is 13.2. The van der Waals surface area contributed by atoms with Gasteiger partial charge in [-0.2, -0.15) is 13.2 Å². The molecular weight excluding hydrogens is 249 g/mol. The Hall–Kier alpha value is -0.820. The summed E-state index contributed by atoms with van der Waals surface area (Å²) in [6, 6.07) is 0. The molecule has 7 heteroatoms. The van der Waals surface area contributed by atoms with E-state index in [2.05, 4.69) is 5.32 Å². The number of piperidine rings is 1. The molecule has 2 atom stereocenters. The van der Waals surface area contributed by atoms with Crippen molar-refractivity contribution in [2.24, 2.45) is 5.41 Å². The van der Waals surface area contributed by atoms with Gasteiger partial charge in [0.25, 0.3) is 0 Å². The third-order valence-electron chi connectivity index (χ3n) is 3.79. The highest BCUT2D eigenvalue weighted by Gasteiger charge is 2.62. The zero-order valence-electron chi connectivity index (χ0n) is 9.96. The molecular formula is C11H17F3N2O2. The second kappa shape index (κ2) is 4.70. The number of likely N-dealkylation sites (tertiary alicyclic amines) is 1. The van der Waals surface area contributed by atoms with Gasteiger partial charge >= 0.3 is 6.18 Å². The lowest BCUT2D eigenvalue weighted by molar-refractivity contribution is -0.222. The first kappa shape index (κ1) is 13.6.